The van der Waals surface area contributed by atoms with Crippen LogP contribution in [-0.4, -0.2) is 25.3 Å². The number of rotatable bonds is 7. The van der Waals surface area contributed by atoms with E-state index in [4.69, 9.17) is 4.74 Å². The highest BCUT2D eigenvalue weighted by Gasteiger charge is 2.36. The van der Waals surface area contributed by atoms with Crippen molar-refractivity contribution in [2.75, 3.05) is 19.7 Å². The van der Waals surface area contributed by atoms with Gasteiger partial charge in [-0.2, -0.15) is 0 Å². The lowest BCUT2D eigenvalue weighted by atomic mass is 9.77. The maximum absolute atomic E-state index is 5.80. The van der Waals surface area contributed by atoms with Crippen molar-refractivity contribution in [3.63, 3.8) is 0 Å². The molecule has 1 aliphatic rings. The minimum Gasteiger partial charge on any atom is -0.371 e. The van der Waals surface area contributed by atoms with E-state index in [0.717, 1.165) is 19.5 Å². The fraction of sp³-hybridized carbons (Fsp3) is 0.818. The zero-order valence-corrected chi connectivity index (χ0v) is 8.64. The van der Waals surface area contributed by atoms with Crippen LogP contribution in [0.3, 0.4) is 0 Å². The molecule has 76 valence electrons. The molecule has 0 bridgehead atoms. The van der Waals surface area contributed by atoms with Gasteiger partial charge in [-0.3, -0.25) is 0 Å². The summed E-state index contributed by atoms with van der Waals surface area (Å²) in [7, 11) is 0. The molecule has 0 unspecified atom stereocenters. The van der Waals surface area contributed by atoms with Crippen LogP contribution in [0.25, 0.3) is 0 Å². The Kier molecular flexibility index (Phi) is 4.46. The Hall–Kier alpha value is -0.340. The van der Waals surface area contributed by atoms with Crippen molar-refractivity contribution in [2.45, 2.75) is 38.2 Å². The molecule has 1 aliphatic carbocycles. The molecule has 1 saturated carbocycles. The van der Waals surface area contributed by atoms with Crippen LogP contribution < -0.4 is 5.32 Å². The third kappa shape index (κ3) is 3.12. The molecule has 1 fully saturated rings. The van der Waals surface area contributed by atoms with Gasteiger partial charge < -0.3 is 10.1 Å². The summed E-state index contributed by atoms with van der Waals surface area (Å²) in [6, 6.07) is 0. The van der Waals surface area contributed by atoms with Crippen LogP contribution in [0.15, 0.2) is 12.7 Å². The molecule has 0 atom stereocenters. The first kappa shape index (κ1) is 10.7. The van der Waals surface area contributed by atoms with Crippen molar-refractivity contribution in [1.29, 1.82) is 0 Å². The molecule has 0 radical (unpaired) electrons. The van der Waals surface area contributed by atoms with E-state index in [1.165, 1.54) is 19.3 Å². The highest BCUT2D eigenvalue weighted by Crippen LogP contribution is 2.38. The number of ether oxygens (including phenoxy) is 1. The minimum absolute atomic E-state index is 0.191. The van der Waals surface area contributed by atoms with Gasteiger partial charge in [0, 0.05) is 0 Å². The summed E-state index contributed by atoms with van der Waals surface area (Å²) in [5, 5.41) is 3.34. The summed E-state index contributed by atoms with van der Waals surface area (Å²) in [6.45, 7) is 8.65. The first-order valence-electron chi connectivity index (χ1n) is 5.28. The van der Waals surface area contributed by atoms with Crippen molar-refractivity contribution in [3.05, 3.63) is 12.7 Å². The smallest absolute Gasteiger partial charge is 0.0699 e. The summed E-state index contributed by atoms with van der Waals surface area (Å²) in [6.07, 6.45) is 6.77. The third-order valence-corrected chi connectivity index (χ3v) is 2.78. The second-order valence-corrected chi connectivity index (χ2v) is 3.74. The number of nitrogens with one attached hydrogen (secondary N) is 1. The highest BCUT2D eigenvalue weighted by atomic mass is 16.5. The van der Waals surface area contributed by atoms with Crippen molar-refractivity contribution >= 4 is 0 Å². The largest absolute Gasteiger partial charge is 0.371 e. The predicted octanol–water partition coefficient (Wildman–Crippen LogP) is 2.11. The fourth-order valence-electron chi connectivity index (χ4n) is 1.77. The number of hydrogen-bond donors (Lipinski definition) is 1. The van der Waals surface area contributed by atoms with E-state index in [9.17, 15) is 0 Å². The Labute approximate surface area is 81.4 Å². The molecule has 0 saturated heterocycles. The molecule has 1 rings (SSSR count). The molecule has 0 spiro atoms. The summed E-state index contributed by atoms with van der Waals surface area (Å²) in [5.74, 6) is 0. The van der Waals surface area contributed by atoms with E-state index < -0.39 is 0 Å². The Morgan fingerprint density at radius 1 is 1.54 bits per heavy atom. The zero-order chi connectivity index (χ0) is 9.57. The lowest BCUT2D eigenvalue weighted by molar-refractivity contribution is -0.0929. The summed E-state index contributed by atoms with van der Waals surface area (Å²) in [5.41, 5.74) is 0.191. The molecule has 0 heterocycles. The Morgan fingerprint density at radius 2 is 2.31 bits per heavy atom. The Morgan fingerprint density at radius 3 is 2.77 bits per heavy atom. The Balaban J connectivity index is 2.19. The van der Waals surface area contributed by atoms with Gasteiger partial charge in [-0.15, -0.1) is 6.58 Å². The quantitative estimate of drug-likeness (QED) is 0.482. The number of hydrogen-bond acceptors (Lipinski definition) is 2. The molecule has 2 heteroatoms. The lowest BCUT2D eigenvalue weighted by Gasteiger charge is -2.41. The van der Waals surface area contributed by atoms with Crippen molar-refractivity contribution < 1.29 is 4.74 Å². The minimum atomic E-state index is 0.191. The lowest BCUT2D eigenvalue weighted by Crippen LogP contribution is -2.42. The van der Waals surface area contributed by atoms with E-state index in [1.54, 1.807) is 0 Å². The summed E-state index contributed by atoms with van der Waals surface area (Å²) >= 11 is 0. The molecule has 0 aromatic rings. The normalized spacial score (nSPS) is 19.5. The summed E-state index contributed by atoms with van der Waals surface area (Å²) < 4.78 is 5.80. The fourth-order valence-corrected chi connectivity index (χ4v) is 1.77. The van der Waals surface area contributed by atoms with Crippen LogP contribution in [-0.2, 0) is 4.74 Å². The molecule has 2 nitrogen and oxygen atoms in total. The molecule has 0 aromatic carbocycles. The van der Waals surface area contributed by atoms with Crippen LogP contribution in [0.2, 0.25) is 0 Å². The van der Waals surface area contributed by atoms with Gasteiger partial charge in [0.25, 0.3) is 0 Å². The monoisotopic (exact) mass is 183 g/mol. The molecule has 13 heavy (non-hydrogen) atoms. The van der Waals surface area contributed by atoms with E-state index in [1.807, 2.05) is 6.08 Å². The van der Waals surface area contributed by atoms with Gasteiger partial charge in [-0.25, -0.2) is 0 Å². The zero-order valence-electron chi connectivity index (χ0n) is 8.64. The molecular weight excluding hydrogens is 162 g/mol. The van der Waals surface area contributed by atoms with Gasteiger partial charge >= 0.3 is 0 Å². The van der Waals surface area contributed by atoms with E-state index >= 15 is 0 Å². The molecule has 1 N–H and O–H groups in total. The maximum atomic E-state index is 5.80. The first-order valence-corrected chi connectivity index (χ1v) is 5.28. The van der Waals surface area contributed by atoms with Crippen LogP contribution in [0.4, 0.5) is 0 Å². The molecular formula is C11H21NO. The van der Waals surface area contributed by atoms with Crippen LogP contribution in [0, 0.1) is 0 Å². The van der Waals surface area contributed by atoms with Gasteiger partial charge in [-0.1, -0.05) is 13.0 Å². The predicted molar refractivity (Wildman–Crippen MR) is 55.9 cm³/mol. The van der Waals surface area contributed by atoms with Gasteiger partial charge in [-0.05, 0) is 38.8 Å². The topological polar surface area (TPSA) is 21.3 Å². The second kappa shape index (κ2) is 5.40. The maximum Gasteiger partial charge on any atom is 0.0699 e. The van der Waals surface area contributed by atoms with Crippen LogP contribution in [0.5, 0.6) is 0 Å². The van der Waals surface area contributed by atoms with E-state index in [0.29, 0.717) is 6.61 Å². The Bertz CT molecular complexity index is 152. The third-order valence-electron chi connectivity index (χ3n) is 2.78. The van der Waals surface area contributed by atoms with E-state index in [-0.39, 0.29) is 5.60 Å². The average molecular weight is 183 g/mol. The van der Waals surface area contributed by atoms with Crippen LogP contribution in [0.1, 0.15) is 32.6 Å². The van der Waals surface area contributed by atoms with Crippen molar-refractivity contribution in [1.82, 2.24) is 5.32 Å². The van der Waals surface area contributed by atoms with Gasteiger partial charge in [0.05, 0.1) is 12.2 Å². The van der Waals surface area contributed by atoms with Crippen molar-refractivity contribution in [2.24, 2.45) is 0 Å². The van der Waals surface area contributed by atoms with Gasteiger partial charge in [0.15, 0.2) is 0 Å². The van der Waals surface area contributed by atoms with Crippen LogP contribution >= 0.6 is 0 Å². The highest BCUT2D eigenvalue weighted by molar-refractivity contribution is 4.91. The molecule has 0 aromatic heterocycles. The molecule has 0 amide bonds. The first-order chi connectivity index (χ1) is 6.33. The average Bonchev–Trinajstić information content (AvgIpc) is 2.08. The molecule has 0 aliphatic heterocycles. The van der Waals surface area contributed by atoms with Crippen molar-refractivity contribution in [3.8, 4) is 0 Å². The standard InChI is InChI=1S/C11H21NO/c1-3-10-13-11(6-5-7-11)8-9-12-4-2/h3,12H,1,4-10H2,2H3. The summed E-state index contributed by atoms with van der Waals surface area (Å²) in [4.78, 5) is 0. The van der Waals surface area contributed by atoms with Gasteiger partial charge in [0.2, 0.25) is 0 Å². The van der Waals surface area contributed by atoms with Gasteiger partial charge in [0.1, 0.15) is 0 Å². The second-order valence-electron chi connectivity index (χ2n) is 3.74. The SMILES string of the molecule is C=CCOC1(CCNCC)CCC1. The van der Waals surface area contributed by atoms with E-state index in [2.05, 4.69) is 18.8 Å².